The van der Waals surface area contributed by atoms with Crippen LogP contribution in [0.2, 0.25) is 0 Å². The van der Waals surface area contributed by atoms with Gasteiger partial charge in [-0.15, -0.1) is 0 Å². The molecule has 2 unspecified atom stereocenters. The number of sulfonamides is 1. The van der Waals surface area contributed by atoms with Crippen molar-refractivity contribution < 1.29 is 37.3 Å². The van der Waals surface area contributed by atoms with E-state index in [1.54, 1.807) is 12.1 Å². The maximum atomic E-state index is 13.5. The molecule has 1 amide bonds. The van der Waals surface area contributed by atoms with Gasteiger partial charge in [-0.1, -0.05) is 44.2 Å². The van der Waals surface area contributed by atoms with Crippen LogP contribution in [0.25, 0.3) is 0 Å². The van der Waals surface area contributed by atoms with Crippen molar-refractivity contribution in [3.63, 3.8) is 0 Å². The van der Waals surface area contributed by atoms with Crippen molar-refractivity contribution in [2.45, 2.75) is 43.4 Å². The van der Waals surface area contributed by atoms with Crippen molar-refractivity contribution in [3.8, 4) is 5.75 Å². The first-order chi connectivity index (χ1) is 17.7. The number of carbonyl (C=O) groups excluding carboxylic acids is 1. The second kappa shape index (κ2) is 13.7. The Morgan fingerprint density at radius 2 is 1.73 bits per heavy atom. The molecule has 1 aliphatic heterocycles. The van der Waals surface area contributed by atoms with Crippen LogP contribution in [-0.2, 0) is 30.7 Å². The first-order valence-electron chi connectivity index (χ1n) is 12.2. The number of aliphatic hydroxyl groups excluding tert-OH is 1. The van der Waals surface area contributed by atoms with Gasteiger partial charge in [-0.2, -0.15) is 4.31 Å². The van der Waals surface area contributed by atoms with Crippen LogP contribution in [0.15, 0.2) is 59.5 Å². The third kappa shape index (κ3) is 8.68. The molecule has 0 aromatic heterocycles. The molecule has 1 aliphatic rings. The molecule has 0 radical (unpaired) electrons. The number of methoxy groups -OCH3 is 1. The van der Waals surface area contributed by atoms with E-state index in [0.29, 0.717) is 5.75 Å². The average molecular weight is 537 g/mol. The molecule has 0 saturated carbocycles. The minimum Gasteiger partial charge on any atom is -0.497 e. The molecule has 0 spiro atoms. The number of benzene rings is 2. The molecule has 2 N–H and O–H groups in total. The third-order valence-corrected chi connectivity index (χ3v) is 7.62. The minimum atomic E-state index is -3.93. The number of hydrogen-bond donors (Lipinski definition) is 2. The standard InChI is InChI=1S/C26H36N2O8S/c1-19(2)14-28(37(31,32)23-11-9-21(33-3)10-12-23)15-25(29)24(13-20-7-5-4-6-8-20)27-26(30)36-22-16-34-18-35-17-22/h4-12,19,22,24-25,29H,13-18H2,1-3H3,(H,27,30). The lowest BCUT2D eigenvalue weighted by molar-refractivity contribution is -0.151. The molecule has 1 saturated heterocycles. The second-order valence-corrected chi connectivity index (χ2v) is 11.2. The topological polar surface area (TPSA) is 124 Å². The number of ether oxygens (including phenoxy) is 4. The van der Waals surface area contributed by atoms with Crippen molar-refractivity contribution in [2.75, 3.05) is 40.2 Å². The summed E-state index contributed by atoms with van der Waals surface area (Å²) in [5.41, 5.74) is 0.865. The fourth-order valence-corrected chi connectivity index (χ4v) is 5.55. The van der Waals surface area contributed by atoms with E-state index in [0.717, 1.165) is 5.56 Å². The number of aliphatic hydroxyl groups is 1. The Balaban J connectivity index is 1.79. The van der Waals surface area contributed by atoms with E-state index in [1.807, 2.05) is 44.2 Å². The van der Waals surface area contributed by atoms with Gasteiger partial charge in [0.25, 0.3) is 0 Å². The van der Waals surface area contributed by atoms with Crippen LogP contribution in [0, 0.1) is 5.92 Å². The largest absolute Gasteiger partial charge is 0.497 e. The van der Waals surface area contributed by atoms with Gasteiger partial charge in [-0.3, -0.25) is 0 Å². The van der Waals surface area contributed by atoms with E-state index >= 15 is 0 Å². The number of alkyl carbamates (subject to hydrolysis) is 1. The molecule has 1 fully saturated rings. The van der Waals surface area contributed by atoms with E-state index in [1.165, 1.54) is 23.5 Å². The van der Waals surface area contributed by atoms with Gasteiger partial charge in [-0.05, 0) is 42.2 Å². The Labute approximate surface area is 218 Å². The monoisotopic (exact) mass is 536 g/mol. The highest BCUT2D eigenvalue weighted by Gasteiger charge is 2.32. The molecule has 37 heavy (non-hydrogen) atoms. The molecular formula is C26H36N2O8S. The molecule has 3 rings (SSSR count). The highest BCUT2D eigenvalue weighted by atomic mass is 32.2. The predicted octanol–water partition coefficient (Wildman–Crippen LogP) is 2.41. The molecule has 204 valence electrons. The summed E-state index contributed by atoms with van der Waals surface area (Å²) < 4.78 is 49.1. The summed E-state index contributed by atoms with van der Waals surface area (Å²) in [5.74, 6) is 0.533. The lowest BCUT2D eigenvalue weighted by Crippen LogP contribution is -2.52. The van der Waals surface area contributed by atoms with Crippen LogP contribution >= 0.6 is 0 Å². The van der Waals surface area contributed by atoms with Gasteiger partial charge in [-0.25, -0.2) is 13.2 Å². The molecular weight excluding hydrogens is 500 g/mol. The fourth-order valence-electron chi connectivity index (χ4n) is 3.93. The van der Waals surface area contributed by atoms with Gasteiger partial charge >= 0.3 is 6.09 Å². The predicted molar refractivity (Wildman–Crippen MR) is 137 cm³/mol. The van der Waals surface area contributed by atoms with E-state index in [4.69, 9.17) is 18.9 Å². The molecule has 10 nitrogen and oxygen atoms in total. The Morgan fingerprint density at radius 3 is 2.32 bits per heavy atom. The number of carbonyl (C=O) groups is 1. The number of rotatable bonds is 12. The summed E-state index contributed by atoms with van der Waals surface area (Å²) in [6, 6.07) is 14.6. The number of nitrogens with one attached hydrogen (secondary N) is 1. The van der Waals surface area contributed by atoms with Gasteiger partial charge in [0.1, 0.15) is 12.5 Å². The average Bonchev–Trinajstić information content (AvgIpc) is 2.88. The zero-order chi connectivity index (χ0) is 26.8. The number of hydrogen-bond acceptors (Lipinski definition) is 8. The summed E-state index contributed by atoms with van der Waals surface area (Å²) >= 11 is 0. The fraction of sp³-hybridized carbons (Fsp3) is 0.500. The van der Waals surface area contributed by atoms with Crippen molar-refractivity contribution in [3.05, 3.63) is 60.2 Å². The second-order valence-electron chi connectivity index (χ2n) is 9.29. The van der Waals surface area contributed by atoms with Gasteiger partial charge in [0, 0.05) is 13.1 Å². The Kier molecular flexibility index (Phi) is 10.7. The van der Waals surface area contributed by atoms with E-state index in [-0.39, 0.29) is 50.3 Å². The summed E-state index contributed by atoms with van der Waals surface area (Å²) in [5, 5.41) is 14.0. The zero-order valence-corrected chi connectivity index (χ0v) is 22.2. The smallest absolute Gasteiger partial charge is 0.407 e. The van der Waals surface area contributed by atoms with Crippen molar-refractivity contribution in [2.24, 2.45) is 5.92 Å². The molecule has 2 aromatic carbocycles. The summed E-state index contributed by atoms with van der Waals surface area (Å²) in [6.07, 6.45) is -2.27. The Morgan fingerprint density at radius 1 is 1.08 bits per heavy atom. The van der Waals surface area contributed by atoms with Crippen LogP contribution in [-0.4, -0.2) is 82.4 Å². The molecule has 0 bridgehead atoms. The van der Waals surface area contributed by atoms with Crippen LogP contribution in [0.5, 0.6) is 5.75 Å². The van der Waals surface area contributed by atoms with E-state index in [2.05, 4.69) is 5.32 Å². The first-order valence-corrected chi connectivity index (χ1v) is 13.6. The highest BCUT2D eigenvalue weighted by molar-refractivity contribution is 7.89. The number of nitrogens with zero attached hydrogens (tertiary/aromatic N) is 1. The van der Waals surface area contributed by atoms with Gasteiger partial charge in [0.05, 0.1) is 37.4 Å². The summed E-state index contributed by atoms with van der Waals surface area (Å²) in [6.45, 7) is 4.32. The van der Waals surface area contributed by atoms with Crippen molar-refractivity contribution in [1.82, 2.24) is 9.62 Å². The summed E-state index contributed by atoms with van der Waals surface area (Å²) in [7, 11) is -2.43. The van der Waals surface area contributed by atoms with Gasteiger partial charge in [0.15, 0.2) is 6.10 Å². The minimum absolute atomic E-state index is 0.00276. The van der Waals surface area contributed by atoms with Crippen LogP contribution in [0.4, 0.5) is 4.79 Å². The quantitative estimate of drug-likeness (QED) is 0.424. The highest BCUT2D eigenvalue weighted by Crippen LogP contribution is 2.22. The van der Waals surface area contributed by atoms with Crippen LogP contribution < -0.4 is 10.1 Å². The molecule has 2 aromatic rings. The zero-order valence-electron chi connectivity index (χ0n) is 21.4. The number of amides is 1. The summed E-state index contributed by atoms with van der Waals surface area (Å²) in [4.78, 5) is 12.7. The van der Waals surface area contributed by atoms with Crippen molar-refractivity contribution in [1.29, 1.82) is 0 Å². The first kappa shape index (κ1) is 28.9. The Hall–Kier alpha value is -2.70. The van der Waals surface area contributed by atoms with Gasteiger partial charge < -0.3 is 29.4 Å². The molecule has 1 heterocycles. The lowest BCUT2D eigenvalue weighted by Gasteiger charge is -2.31. The third-order valence-electron chi connectivity index (χ3n) is 5.77. The molecule has 0 aliphatic carbocycles. The normalized spacial score (nSPS) is 16.4. The van der Waals surface area contributed by atoms with Crippen LogP contribution in [0.1, 0.15) is 19.4 Å². The maximum absolute atomic E-state index is 13.5. The lowest BCUT2D eigenvalue weighted by atomic mass is 10.0. The van der Waals surface area contributed by atoms with Crippen molar-refractivity contribution >= 4 is 16.1 Å². The van der Waals surface area contributed by atoms with E-state index in [9.17, 15) is 18.3 Å². The van der Waals surface area contributed by atoms with Crippen LogP contribution in [0.3, 0.4) is 0 Å². The van der Waals surface area contributed by atoms with Gasteiger partial charge in [0.2, 0.25) is 10.0 Å². The maximum Gasteiger partial charge on any atom is 0.407 e. The SMILES string of the molecule is COc1ccc(S(=O)(=O)N(CC(C)C)CC(O)C(Cc2ccccc2)NC(=O)OC2COCOC2)cc1. The Bertz CT molecular complexity index is 1070. The molecule has 2 atom stereocenters. The van der Waals surface area contributed by atoms with E-state index < -0.39 is 34.4 Å². The molecule has 11 heteroatoms.